The number of nitrogens with two attached hydrogens (primary N) is 1. The lowest BCUT2D eigenvalue weighted by Crippen LogP contribution is -2.32. The normalized spacial score (nSPS) is 11.8. The molecular formula is C13H16Cl2N2O3S. The summed E-state index contributed by atoms with van der Waals surface area (Å²) in [4.78, 5) is 22.8. The Kier molecular flexibility index (Phi) is 7.88. The number of rotatable bonds is 7. The fraction of sp³-hybridized carbons (Fsp3) is 0.385. The van der Waals surface area contributed by atoms with Crippen LogP contribution < -0.4 is 11.1 Å². The van der Waals surface area contributed by atoms with E-state index in [0.29, 0.717) is 27.9 Å². The van der Waals surface area contributed by atoms with Crippen LogP contribution in [0.5, 0.6) is 0 Å². The molecular weight excluding hydrogens is 335 g/mol. The Morgan fingerprint density at radius 2 is 2.10 bits per heavy atom. The molecule has 1 atom stereocenters. The number of esters is 1. The summed E-state index contributed by atoms with van der Waals surface area (Å²) in [5.41, 5.74) is 6.17. The molecule has 1 rings (SSSR count). The SMILES string of the molecule is COC(=O)C(N)CCSCC(=O)Nc1ccc(Cl)c(Cl)c1. The number of halogens is 2. The van der Waals surface area contributed by atoms with Crippen molar-refractivity contribution >= 4 is 52.5 Å². The number of amides is 1. The lowest BCUT2D eigenvalue weighted by atomic mass is 10.2. The van der Waals surface area contributed by atoms with Crippen molar-refractivity contribution in [3.8, 4) is 0 Å². The van der Waals surface area contributed by atoms with Crippen LogP contribution in [0.1, 0.15) is 6.42 Å². The van der Waals surface area contributed by atoms with Gasteiger partial charge in [-0.1, -0.05) is 23.2 Å². The summed E-state index contributed by atoms with van der Waals surface area (Å²) in [7, 11) is 1.29. The van der Waals surface area contributed by atoms with Gasteiger partial charge < -0.3 is 15.8 Å². The molecule has 0 heterocycles. The van der Waals surface area contributed by atoms with Crippen LogP contribution >= 0.6 is 35.0 Å². The quantitative estimate of drug-likeness (QED) is 0.583. The number of thioether (sulfide) groups is 1. The minimum atomic E-state index is -0.652. The Balaban J connectivity index is 2.28. The number of nitrogens with one attached hydrogen (secondary N) is 1. The number of carbonyl (C=O) groups is 2. The molecule has 0 aliphatic rings. The summed E-state index contributed by atoms with van der Waals surface area (Å²) in [6.45, 7) is 0. The highest BCUT2D eigenvalue weighted by molar-refractivity contribution is 7.99. The molecule has 0 spiro atoms. The molecule has 1 unspecified atom stereocenters. The molecule has 0 saturated heterocycles. The van der Waals surface area contributed by atoms with Gasteiger partial charge in [-0.25, -0.2) is 0 Å². The molecule has 1 aromatic rings. The second-order valence-electron chi connectivity index (χ2n) is 4.15. The first-order valence-corrected chi connectivity index (χ1v) is 8.01. The Morgan fingerprint density at radius 1 is 1.38 bits per heavy atom. The van der Waals surface area contributed by atoms with E-state index in [1.54, 1.807) is 18.2 Å². The van der Waals surface area contributed by atoms with E-state index in [0.717, 1.165) is 0 Å². The summed E-state index contributed by atoms with van der Waals surface area (Å²) in [5.74, 6) is 0.236. The smallest absolute Gasteiger partial charge is 0.322 e. The highest BCUT2D eigenvalue weighted by Crippen LogP contribution is 2.25. The van der Waals surface area contributed by atoms with Crippen molar-refractivity contribution in [2.75, 3.05) is 23.9 Å². The third-order valence-corrected chi connectivity index (χ3v) is 4.24. The van der Waals surface area contributed by atoms with E-state index < -0.39 is 12.0 Å². The van der Waals surface area contributed by atoms with Crippen LogP contribution in [-0.2, 0) is 14.3 Å². The number of anilines is 1. The number of methoxy groups -OCH3 is 1. The van der Waals surface area contributed by atoms with Gasteiger partial charge >= 0.3 is 5.97 Å². The van der Waals surface area contributed by atoms with E-state index in [-0.39, 0.29) is 11.7 Å². The Bertz CT molecular complexity index is 514. The zero-order chi connectivity index (χ0) is 15.8. The third kappa shape index (κ3) is 6.56. The van der Waals surface area contributed by atoms with Crippen molar-refractivity contribution < 1.29 is 14.3 Å². The summed E-state index contributed by atoms with van der Waals surface area (Å²) in [5, 5.41) is 3.52. The number of hydrogen-bond acceptors (Lipinski definition) is 5. The third-order valence-electron chi connectivity index (χ3n) is 2.51. The number of benzene rings is 1. The largest absolute Gasteiger partial charge is 0.468 e. The summed E-state index contributed by atoms with van der Waals surface area (Å²) in [6.07, 6.45) is 0.456. The summed E-state index contributed by atoms with van der Waals surface area (Å²) in [6, 6.07) is 4.21. The van der Waals surface area contributed by atoms with E-state index in [2.05, 4.69) is 10.1 Å². The van der Waals surface area contributed by atoms with Gasteiger partial charge in [0.15, 0.2) is 0 Å². The van der Waals surface area contributed by atoms with Gasteiger partial charge in [-0.2, -0.15) is 11.8 Å². The van der Waals surface area contributed by atoms with E-state index >= 15 is 0 Å². The van der Waals surface area contributed by atoms with Crippen molar-refractivity contribution in [2.24, 2.45) is 5.73 Å². The monoisotopic (exact) mass is 350 g/mol. The maximum absolute atomic E-state index is 11.7. The van der Waals surface area contributed by atoms with E-state index in [1.165, 1.54) is 18.9 Å². The molecule has 0 bridgehead atoms. The highest BCUT2D eigenvalue weighted by Gasteiger charge is 2.13. The molecule has 0 aromatic heterocycles. The molecule has 0 fully saturated rings. The molecule has 0 radical (unpaired) electrons. The Morgan fingerprint density at radius 3 is 2.71 bits per heavy atom. The van der Waals surface area contributed by atoms with Gasteiger partial charge in [-0.05, 0) is 30.4 Å². The van der Waals surface area contributed by atoms with Gasteiger partial charge in [-0.15, -0.1) is 0 Å². The Labute approximate surface area is 137 Å². The maximum Gasteiger partial charge on any atom is 0.322 e. The van der Waals surface area contributed by atoms with Gasteiger partial charge in [0.05, 0.1) is 22.9 Å². The molecule has 0 saturated carbocycles. The van der Waals surface area contributed by atoms with Crippen molar-refractivity contribution in [1.29, 1.82) is 0 Å². The van der Waals surface area contributed by atoms with Crippen LogP contribution in [0.4, 0.5) is 5.69 Å². The van der Waals surface area contributed by atoms with Crippen LogP contribution in [-0.4, -0.2) is 36.5 Å². The maximum atomic E-state index is 11.7. The zero-order valence-corrected chi connectivity index (χ0v) is 13.7. The fourth-order valence-electron chi connectivity index (χ4n) is 1.42. The topological polar surface area (TPSA) is 81.4 Å². The van der Waals surface area contributed by atoms with Crippen LogP contribution in [0.3, 0.4) is 0 Å². The van der Waals surface area contributed by atoms with Gasteiger partial charge in [0.1, 0.15) is 6.04 Å². The molecule has 3 N–H and O–H groups in total. The van der Waals surface area contributed by atoms with Crippen LogP contribution in [0.15, 0.2) is 18.2 Å². The molecule has 0 aliphatic carbocycles. The lowest BCUT2D eigenvalue weighted by molar-refractivity contribution is -0.142. The van der Waals surface area contributed by atoms with E-state index in [1.807, 2.05) is 0 Å². The highest BCUT2D eigenvalue weighted by atomic mass is 35.5. The molecule has 0 aliphatic heterocycles. The van der Waals surface area contributed by atoms with Gasteiger partial charge in [0.25, 0.3) is 0 Å². The van der Waals surface area contributed by atoms with Crippen LogP contribution in [0.2, 0.25) is 10.0 Å². The van der Waals surface area contributed by atoms with Crippen molar-refractivity contribution in [3.63, 3.8) is 0 Å². The summed E-state index contributed by atoms with van der Waals surface area (Å²) >= 11 is 13.0. The van der Waals surface area contributed by atoms with Crippen LogP contribution in [0.25, 0.3) is 0 Å². The summed E-state index contributed by atoms with van der Waals surface area (Å²) < 4.78 is 4.51. The molecule has 1 amide bonds. The number of ether oxygens (including phenoxy) is 1. The minimum absolute atomic E-state index is 0.162. The van der Waals surface area contributed by atoms with E-state index in [4.69, 9.17) is 28.9 Å². The van der Waals surface area contributed by atoms with Crippen molar-refractivity contribution in [3.05, 3.63) is 28.2 Å². The molecule has 8 heteroatoms. The molecule has 21 heavy (non-hydrogen) atoms. The molecule has 5 nitrogen and oxygen atoms in total. The molecule has 116 valence electrons. The molecule has 1 aromatic carbocycles. The van der Waals surface area contributed by atoms with Gasteiger partial charge in [-0.3, -0.25) is 9.59 Å². The zero-order valence-electron chi connectivity index (χ0n) is 11.4. The second kappa shape index (κ2) is 9.15. The van der Waals surface area contributed by atoms with E-state index in [9.17, 15) is 9.59 Å². The van der Waals surface area contributed by atoms with Gasteiger partial charge in [0, 0.05) is 5.69 Å². The first kappa shape index (κ1) is 18.1. The minimum Gasteiger partial charge on any atom is -0.468 e. The predicted octanol–water partition coefficient (Wildman–Crippen LogP) is 2.56. The average Bonchev–Trinajstić information content (AvgIpc) is 2.46. The predicted molar refractivity (Wildman–Crippen MR) is 87.0 cm³/mol. The standard InChI is InChI=1S/C13H16Cl2N2O3S/c1-20-13(19)11(16)4-5-21-7-12(18)17-8-2-3-9(14)10(15)6-8/h2-3,6,11H,4-5,7,16H2,1H3,(H,17,18). The van der Waals surface area contributed by atoms with Crippen molar-refractivity contribution in [2.45, 2.75) is 12.5 Å². The number of carbonyl (C=O) groups excluding carboxylic acids is 2. The van der Waals surface area contributed by atoms with Crippen LogP contribution in [0, 0.1) is 0 Å². The second-order valence-corrected chi connectivity index (χ2v) is 6.07. The lowest BCUT2D eigenvalue weighted by Gasteiger charge is -2.09. The first-order chi connectivity index (χ1) is 9.93. The first-order valence-electron chi connectivity index (χ1n) is 6.10. The van der Waals surface area contributed by atoms with Crippen molar-refractivity contribution in [1.82, 2.24) is 0 Å². The number of hydrogen-bond donors (Lipinski definition) is 2. The Hall–Kier alpha value is -0.950. The average molecular weight is 351 g/mol. The fourth-order valence-corrected chi connectivity index (χ4v) is 2.54. The van der Waals surface area contributed by atoms with Gasteiger partial charge in [0.2, 0.25) is 5.91 Å².